The summed E-state index contributed by atoms with van der Waals surface area (Å²) in [6, 6.07) is 5.52. The summed E-state index contributed by atoms with van der Waals surface area (Å²) in [6.45, 7) is 0. The Morgan fingerprint density at radius 2 is 2.00 bits per heavy atom. The lowest BCUT2D eigenvalue weighted by Gasteiger charge is -2.07. The van der Waals surface area contributed by atoms with Crippen molar-refractivity contribution in [3.8, 4) is 23.1 Å². The lowest BCUT2D eigenvalue weighted by Crippen LogP contribution is -2.07. The Balaban J connectivity index is 2.38. The topological polar surface area (TPSA) is 137 Å². The van der Waals surface area contributed by atoms with E-state index >= 15 is 0 Å². The summed E-state index contributed by atoms with van der Waals surface area (Å²) < 4.78 is 1.12. The molecular weight excluding hydrogens is 264 g/mol. The zero-order valence-electron chi connectivity index (χ0n) is 10.0. The summed E-state index contributed by atoms with van der Waals surface area (Å²) >= 11 is 0. The molecule has 6 N–H and O–H groups in total. The quantitative estimate of drug-likeness (QED) is 0.407. The fourth-order valence-electron chi connectivity index (χ4n) is 2.00. The van der Waals surface area contributed by atoms with E-state index in [-0.39, 0.29) is 34.0 Å². The molecule has 0 fully saturated rings. The third kappa shape index (κ3) is 1.55. The molecule has 0 aliphatic heterocycles. The standard InChI is InChI=1S/C12H10N4O4/c13-11-9-5(4-8(18)14-12(9)20)15-16(11)6-2-1-3-7(17)10(6)19/h1-4,17-19H,13H2,(H,14,20). The minimum atomic E-state index is -0.594. The molecule has 3 aromatic rings. The SMILES string of the molecule is Nc1c2c(=O)[nH]c(O)cc2nn1-c1cccc(O)c1O. The average molecular weight is 274 g/mol. The smallest absolute Gasteiger partial charge is 0.263 e. The Morgan fingerprint density at radius 1 is 1.25 bits per heavy atom. The molecule has 8 nitrogen and oxygen atoms in total. The molecule has 0 saturated carbocycles. The van der Waals surface area contributed by atoms with Gasteiger partial charge in [0.15, 0.2) is 17.4 Å². The molecular formula is C12H10N4O4. The van der Waals surface area contributed by atoms with Crippen LogP contribution in [-0.4, -0.2) is 30.1 Å². The van der Waals surface area contributed by atoms with Gasteiger partial charge < -0.3 is 21.1 Å². The molecule has 20 heavy (non-hydrogen) atoms. The number of nitrogens with one attached hydrogen (secondary N) is 1. The van der Waals surface area contributed by atoms with Crippen molar-refractivity contribution < 1.29 is 15.3 Å². The molecule has 8 heteroatoms. The first-order valence-electron chi connectivity index (χ1n) is 5.61. The Labute approximate surface area is 111 Å². The molecule has 0 aliphatic rings. The van der Waals surface area contributed by atoms with Crippen molar-refractivity contribution in [3.05, 3.63) is 34.6 Å². The molecule has 0 saturated heterocycles. The highest BCUT2D eigenvalue weighted by molar-refractivity contribution is 5.89. The van der Waals surface area contributed by atoms with Crippen LogP contribution in [0.15, 0.2) is 29.1 Å². The van der Waals surface area contributed by atoms with Gasteiger partial charge in [0.2, 0.25) is 0 Å². The number of aromatic nitrogens is 3. The summed E-state index contributed by atoms with van der Waals surface area (Å²) in [4.78, 5) is 14.0. The van der Waals surface area contributed by atoms with E-state index in [1.807, 2.05) is 0 Å². The van der Waals surface area contributed by atoms with Crippen molar-refractivity contribution in [2.75, 3.05) is 5.73 Å². The number of rotatable bonds is 1. The second-order valence-corrected chi connectivity index (χ2v) is 4.19. The predicted octanol–water partition coefficient (Wildman–Crippen LogP) is 0.413. The van der Waals surface area contributed by atoms with Crippen LogP contribution in [0.4, 0.5) is 5.82 Å². The summed E-state index contributed by atoms with van der Waals surface area (Å²) in [6.07, 6.45) is 0. The van der Waals surface area contributed by atoms with Crippen LogP contribution < -0.4 is 11.3 Å². The first kappa shape index (κ1) is 11.9. The van der Waals surface area contributed by atoms with E-state index in [9.17, 15) is 20.1 Å². The molecule has 0 aliphatic carbocycles. The molecule has 0 spiro atoms. The highest BCUT2D eigenvalue weighted by Crippen LogP contribution is 2.33. The maximum absolute atomic E-state index is 11.8. The predicted molar refractivity (Wildman–Crippen MR) is 71.1 cm³/mol. The van der Waals surface area contributed by atoms with E-state index in [2.05, 4.69) is 10.1 Å². The number of fused-ring (bicyclic) bond motifs is 1. The van der Waals surface area contributed by atoms with Gasteiger partial charge in [-0.05, 0) is 12.1 Å². The number of pyridine rings is 1. The zero-order valence-corrected chi connectivity index (χ0v) is 10.0. The molecule has 0 unspecified atom stereocenters. The number of phenolic OH excluding ortho intramolecular Hbond substituents is 2. The zero-order chi connectivity index (χ0) is 14.4. The molecule has 102 valence electrons. The summed E-state index contributed by atoms with van der Waals surface area (Å²) in [5, 5.41) is 32.8. The normalized spacial score (nSPS) is 11.0. The van der Waals surface area contributed by atoms with Gasteiger partial charge in [-0.1, -0.05) is 6.07 Å². The molecule has 2 aromatic heterocycles. The van der Waals surface area contributed by atoms with Gasteiger partial charge in [-0.15, -0.1) is 0 Å². The van der Waals surface area contributed by atoms with E-state index in [0.29, 0.717) is 0 Å². The first-order valence-corrected chi connectivity index (χ1v) is 5.61. The van der Waals surface area contributed by atoms with E-state index in [4.69, 9.17) is 5.73 Å². The summed E-state index contributed by atoms with van der Waals surface area (Å²) in [5.41, 5.74) is 5.55. The second kappa shape index (κ2) is 3.92. The van der Waals surface area contributed by atoms with Crippen LogP contribution in [0.5, 0.6) is 17.4 Å². The van der Waals surface area contributed by atoms with Gasteiger partial charge in [0.1, 0.15) is 22.4 Å². The number of nitrogens with two attached hydrogens (primary N) is 1. The summed E-state index contributed by atoms with van der Waals surface area (Å²) in [5.74, 6) is -1.10. The van der Waals surface area contributed by atoms with Crippen LogP contribution in [0.3, 0.4) is 0 Å². The van der Waals surface area contributed by atoms with Crippen molar-refractivity contribution in [2.45, 2.75) is 0 Å². The fourth-order valence-corrected chi connectivity index (χ4v) is 2.00. The Bertz CT molecular complexity index is 881. The van der Waals surface area contributed by atoms with Gasteiger partial charge >= 0.3 is 0 Å². The number of hydrogen-bond acceptors (Lipinski definition) is 6. The van der Waals surface area contributed by atoms with Crippen molar-refractivity contribution in [2.24, 2.45) is 0 Å². The number of hydrogen-bond donors (Lipinski definition) is 5. The monoisotopic (exact) mass is 274 g/mol. The van der Waals surface area contributed by atoms with Gasteiger partial charge in [-0.25, -0.2) is 4.68 Å². The van der Waals surface area contributed by atoms with E-state index in [1.54, 1.807) is 0 Å². The van der Waals surface area contributed by atoms with Crippen LogP contribution in [-0.2, 0) is 0 Å². The van der Waals surface area contributed by atoms with E-state index < -0.39 is 11.3 Å². The third-order valence-electron chi connectivity index (χ3n) is 2.91. The maximum atomic E-state index is 11.8. The maximum Gasteiger partial charge on any atom is 0.263 e. The van der Waals surface area contributed by atoms with Crippen molar-refractivity contribution in [1.29, 1.82) is 0 Å². The number of aromatic hydroxyl groups is 3. The van der Waals surface area contributed by atoms with Crippen LogP contribution in [0, 0.1) is 0 Å². The molecule has 0 bridgehead atoms. The number of phenols is 2. The highest BCUT2D eigenvalue weighted by atomic mass is 16.3. The van der Waals surface area contributed by atoms with Crippen molar-refractivity contribution in [3.63, 3.8) is 0 Å². The summed E-state index contributed by atoms with van der Waals surface area (Å²) in [7, 11) is 0. The van der Waals surface area contributed by atoms with Gasteiger partial charge in [-0.2, -0.15) is 5.10 Å². The Morgan fingerprint density at radius 3 is 2.75 bits per heavy atom. The van der Waals surface area contributed by atoms with E-state index in [0.717, 1.165) is 4.68 Å². The number of nitrogen functional groups attached to an aromatic ring is 1. The highest BCUT2D eigenvalue weighted by Gasteiger charge is 2.17. The van der Waals surface area contributed by atoms with Crippen LogP contribution in [0.1, 0.15) is 0 Å². The van der Waals surface area contributed by atoms with Gasteiger partial charge in [0, 0.05) is 6.07 Å². The average Bonchev–Trinajstić information content (AvgIpc) is 2.70. The number of anilines is 1. The molecule has 0 atom stereocenters. The van der Waals surface area contributed by atoms with E-state index in [1.165, 1.54) is 24.3 Å². The Kier molecular flexibility index (Phi) is 2.33. The van der Waals surface area contributed by atoms with Crippen molar-refractivity contribution in [1.82, 2.24) is 14.8 Å². The van der Waals surface area contributed by atoms with Crippen LogP contribution in [0.25, 0.3) is 16.6 Å². The minimum Gasteiger partial charge on any atom is -0.504 e. The number of H-pyrrole nitrogens is 1. The van der Waals surface area contributed by atoms with Crippen LogP contribution >= 0.6 is 0 Å². The van der Waals surface area contributed by atoms with Crippen molar-refractivity contribution >= 4 is 16.7 Å². The molecule has 0 amide bonds. The van der Waals surface area contributed by atoms with Gasteiger partial charge in [0.25, 0.3) is 5.56 Å². The number of para-hydroxylation sites is 1. The number of aromatic amines is 1. The van der Waals surface area contributed by atoms with Crippen LogP contribution in [0.2, 0.25) is 0 Å². The second-order valence-electron chi connectivity index (χ2n) is 4.19. The lowest BCUT2D eigenvalue weighted by atomic mass is 10.2. The molecule has 0 radical (unpaired) electrons. The van der Waals surface area contributed by atoms with Gasteiger partial charge in [-0.3, -0.25) is 9.78 Å². The largest absolute Gasteiger partial charge is 0.504 e. The number of nitrogens with zero attached hydrogens (tertiary/aromatic N) is 2. The fraction of sp³-hybridized carbons (Fsp3) is 0. The third-order valence-corrected chi connectivity index (χ3v) is 2.91. The lowest BCUT2D eigenvalue weighted by molar-refractivity contribution is 0.401. The minimum absolute atomic E-state index is 0.0119. The molecule has 1 aromatic carbocycles. The molecule has 3 rings (SSSR count). The first-order chi connectivity index (χ1) is 9.49. The molecule has 2 heterocycles. The van der Waals surface area contributed by atoms with Gasteiger partial charge in [0.05, 0.1) is 0 Å². The number of benzene rings is 1. The Hall–Kier alpha value is -3.16.